The van der Waals surface area contributed by atoms with E-state index in [-0.39, 0.29) is 11.5 Å². The van der Waals surface area contributed by atoms with Crippen LogP contribution in [0.5, 0.6) is 0 Å². The number of rotatable bonds is 6. The number of ether oxygens (including phenoxy) is 1. The molecule has 1 atom stereocenters. The highest BCUT2D eigenvalue weighted by atomic mass is 32.2. The van der Waals surface area contributed by atoms with Crippen LogP contribution >= 0.6 is 0 Å². The second kappa shape index (κ2) is 5.82. The van der Waals surface area contributed by atoms with E-state index >= 15 is 0 Å². The SMILES string of the molecule is CCC(C)(COS(=O)(=O)c1ccc(C)cc1)OC. The van der Waals surface area contributed by atoms with Gasteiger partial charge in [0.25, 0.3) is 10.1 Å². The summed E-state index contributed by atoms with van der Waals surface area (Å²) in [5.74, 6) is 0. The number of aryl methyl sites for hydroxylation is 1. The van der Waals surface area contributed by atoms with Crippen LogP contribution in [0, 0.1) is 6.92 Å². The van der Waals surface area contributed by atoms with Gasteiger partial charge in [0.05, 0.1) is 17.1 Å². The molecular formula is C13H20O4S. The molecule has 1 unspecified atom stereocenters. The molecule has 0 bridgehead atoms. The summed E-state index contributed by atoms with van der Waals surface area (Å²) >= 11 is 0. The molecule has 0 amide bonds. The molecule has 1 aromatic rings. The normalized spacial score (nSPS) is 15.3. The lowest BCUT2D eigenvalue weighted by Gasteiger charge is -2.25. The number of hydrogen-bond acceptors (Lipinski definition) is 4. The summed E-state index contributed by atoms with van der Waals surface area (Å²) in [5, 5.41) is 0. The highest BCUT2D eigenvalue weighted by Gasteiger charge is 2.26. The molecule has 1 aromatic carbocycles. The molecule has 0 aliphatic carbocycles. The molecule has 5 heteroatoms. The average molecular weight is 272 g/mol. The molecule has 0 spiro atoms. The van der Waals surface area contributed by atoms with Crippen molar-refractivity contribution in [3.05, 3.63) is 29.8 Å². The van der Waals surface area contributed by atoms with Crippen LogP contribution in [0.25, 0.3) is 0 Å². The quantitative estimate of drug-likeness (QED) is 0.747. The van der Waals surface area contributed by atoms with Gasteiger partial charge in [0.1, 0.15) is 0 Å². The molecule has 0 aliphatic heterocycles. The molecule has 0 N–H and O–H groups in total. The minimum absolute atomic E-state index is 0.0101. The smallest absolute Gasteiger partial charge is 0.297 e. The van der Waals surface area contributed by atoms with Crippen molar-refractivity contribution in [3.8, 4) is 0 Å². The molecule has 0 saturated heterocycles. The molecule has 18 heavy (non-hydrogen) atoms. The van der Waals surface area contributed by atoms with Gasteiger partial charge in [0, 0.05) is 7.11 Å². The lowest BCUT2D eigenvalue weighted by molar-refractivity contribution is -0.0306. The maximum absolute atomic E-state index is 11.9. The lowest BCUT2D eigenvalue weighted by atomic mass is 10.1. The Labute approximate surface area is 109 Å². The second-order valence-electron chi connectivity index (χ2n) is 4.54. The summed E-state index contributed by atoms with van der Waals surface area (Å²) < 4.78 is 34.2. The molecule has 0 aliphatic rings. The van der Waals surface area contributed by atoms with Gasteiger partial charge < -0.3 is 4.74 Å². The van der Waals surface area contributed by atoms with Crippen molar-refractivity contribution < 1.29 is 17.3 Å². The van der Waals surface area contributed by atoms with Gasteiger partial charge in [0.15, 0.2) is 0 Å². The van der Waals surface area contributed by atoms with Crippen molar-refractivity contribution in [1.82, 2.24) is 0 Å². The van der Waals surface area contributed by atoms with E-state index in [2.05, 4.69) is 0 Å². The van der Waals surface area contributed by atoms with Crippen LogP contribution < -0.4 is 0 Å². The van der Waals surface area contributed by atoms with Crippen LogP contribution in [0.3, 0.4) is 0 Å². The van der Waals surface area contributed by atoms with Crippen LogP contribution in [0.15, 0.2) is 29.2 Å². The Balaban J connectivity index is 2.80. The maximum atomic E-state index is 11.9. The average Bonchev–Trinajstić information content (AvgIpc) is 2.37. The van der Waals surface area contributed by atoms with E-state index < -0.39 is 15.7 Å². The third kappa shape index (κ3) is 3.80. The van der Waals surface area contributed by atoms with E-state index in [0.29, 0.717) is 6.42 Å². The number of methoxy groups -OCH3 is 1. The zero-order valence-corrected chi connectivity index (χ0v) is 12.1. The first-order chi connectivity index (χ1) is 8.33. The van der Waals surface area contributed by atoms with Crippen LogP contribution in [0.4, 0.5) is 0 Å². The summed E-state index contributed by atoms with van der Waals surface area (Å²) in [6.45, 7) is 5.65. The van der Waals surface area contributed by atoms with Crippen LogP contribution in [-0.2, 0) is 19.0 Å². The van der Waals surface area contributed by atoms with Crippen molar-refractivity contribution in [2.24, 2.45) is 0 Å². The van der Waals surface area contributed by atoms with E-state index in [4.69, 9.17) is 8.92 Å². The zero-order chi connectivity index (χ0) is 13.8. The molecule has 102 valence electrons. The van der Waals surface area contributed by atoms with E-state index in [0.717, 1.165) is 5.56 Å². The van der Waals surface area contributed by atoms with Gasteiger partial charge in [-0.1, -0.05) is 24.6 Å². The van der Waals surface area contributed by atoms with Crippen molar-refractivity contribution >= 4 is 10.1 Å². The van der Waals surface area contributed by atoms with E-state index in [1.165, 1.54) is 0 Å². The number of benzene rings is 1. The molecular weight excluding hydrogens is 252 g/mol. The van der Waals surface area contributed by atoms with Crippen molar-refractivity contribution in [2.45, 2.75) is 37.7 Å². The zero-order valence-electron chi connectivity index (χ0n) is 11.3. The van der Waals surface area contributed by atoms with Gasteiger partial charge in [-0.15, -0.1) is 0 Å². The molecule has 0 aromatic heterocycles. The van der Waals surface area contributed by atoms with Crippen LogP contribution in [0.2, 0.25) is 0 Å². The van der Waals surface area contributed by atoms with Crippen LogP contribution in [-0.4, -0.2) is 27.7 Å². The molecule has 0 fully saturated rings. The summed E-state index contributed by atoms with van der Waals surface area (Å²) in [5.41, 5.74) is 0.418. The molecule has 0 radical (unpaired) electrons. The fraction of sp³-hybridized carbons (Fsp3) is 0.538. The molecule has 0 saturated carbocycles. The maximum Gasteiger partial charge on any atom is 0.297 e. The summed E-state index contributed by atoms with van der Waals surface area (Å²) in [6, 6.07) is 6.57. The summed E-state index contributed by atoms with van der Waals surface area (Å²) in [6.07, 6.45) is 0.674. The first-order valence-corrected chi connectivity index (χ1v) is 7.25. The largest absolute Gasteiger partial charge is 0.376 e. The third-order valence-corrected chi connectivity index (χ3v) is 4.35. The van der Waals surface area contributed by atoms with E-state index in [1.54, 1.807) is 31.4 Å². The lowest BCUT2D eigenvalue weighted by Crippen LogP contribution is -2.33. The van der Waals surface area contributed by atoms with Gasteiger partial charge in [-0.3, -0.25) is 4.18 Å². The molecule has 1 rings (SSSR count). The summed E-state index contributed by atoms with van der Waals surface area (Å²) in [4.78, 5) is 0.169. The van der Waals surface area contributed by atoms with Crippen molar-refractivity contribution in [1.29, 1.82) is 0 Å². The van der Waals surface area contributed by atoms with Gasteiger partial charge in [-0.25, -0.2) is 0 Å². The molecule has 4 nitrogen and oxygen atoms in total. The number of hydrogen-bond donors (Lipinski definition) is 0. The fourth-order valence-electron chi connectivity index (χ4n) is 1.28. The Morgan fingerprint density at radius 2 is 1.78 bits per heavy atom. The van der Waals surface area contributed by atoms with Crippen molar-refractivity contribution in [2.75, 3.05) is 13.7 Å². The third-order valence-electron chi connectivity index (χ3n) is 3.07. The highest BCUT2D eigenvalue weighted by molar-refractivity contribution is 7.86. The minimum Gasteiger partial charge on any atom is -0.376 e. The first-order valence-electron chi connectivity index (χ1n) is 5.84. The molecule has 0 heterocycles. The standard InChI is InChI=1S/C13H20O4S/c1-5-13(3,16-4)10-17-18(14,15)12-8-6-11(2)7-9-12/h6-9H,5,10H2,1-4H3. The van der Waals surface area contributed by atoms with Crippen LogP contribution in [0.1, 0.15) is 25.8 Å². The minimum atomic E-state index is -3.71. The Kier molecular flexibility index (Phi) is 4.90. The van der Waals surface area contributed by atoms with E-state index in [9.17, 15) is 8.42 Å². The predicted molar refractivity (Wildman–Crippen MR) is 70.0 cm³/mol. The van der Waals surface area contributed by atoms with Gasteiger partial charge in [-0.05, 0) is 32.4 Å². The van der Waals surface area contributed by atoms with Gasteiger partial charge in [-0.2, -0.15) is 8.42 Å². The monoisotopic (exact) mass is 272 g/mol. The van der Waals surface area contributed by atoms with E-state index in [1.807, 2.05) is 20.8 Å². The Morgan fingerprint density at radius 1 is 1.22 bits per heavy atom. The first kappa shape index (κ1) is 15.1. The Bertz CT molecular complexity index is 472. The second-order valence-corrected chi connectivity index (χ2v) is 6.15. The topological polar surface area (TPSA) is 52.6 Å². The van der Waals surface area contributed by atoms with Gasteiger partial charge in [0.2, 0.25) is 0 Å². The Hall–Kier alpha value is -0.910. The predicted octanol–water partition coefficient (Wildman–Crippen LogP) is 2.52. The Morgan fingerprint density at radius 3 is 2.22 bits per heavy atom. The highest BCUT2D eigenvalue weighted by Crippen LogP contribution is 2.19. The fourth-order valence-corrected chi connectivity index (χ4v) is 2.29. The summed E-state index contributed by atoms with van der Waals surface area (Å²) in [7, 11) is -2.16. The van der Waals surface area contributed by atoms with Gasteiger partial charge >= 0.3 is 0 Å². The van der Waals surface area contributed by atoms with Crippen molar-refractivity contribution in [3.63, 3.8) is 0 Å².